The van der Waals surface area contributed by atoms with Crippen LogP contribution in [0.25, 0.3) is 0 Å². The van der Waals surface area contributed by atoms with Crippen molar-refractivity contribution in [2.45, 2.75) is 26.9 Å². The van der Waals surface area contributed by atoms with Crippen molar-refractivity contribution < 1.29 is 9.90 Å². The molecule has 1 heterocycles. The fourth-order valence-electron chi connectivity index (χ4n) is 2.34. The van der Waals surface area contributed by atoms with Crippen molar-refractivity contribution in [3.05, 3.63) is 45.9 Å². The molecule has 0 saturated heterocycles. The number of likely N-dealkylation sites (N-methyl/N-ethyl adjacent to an activating group) is 1. The zero-order valence-electron chi connectivity index (χ0n) is 13.7. The molecule has 2 rings (SSSR count). The normalized spacial score (nSPS) is 12.0. The molecule has 0 radical (unpaired) electrons. The summed E-state index contributed by atoms with van der Waals surface area (Å²) in [4.78, 5) is 18.9. The summed E-state index contributed by atoms with van der Waals surface area (Å²) in [5.41, 5.74) is 2.42. The molecule has 0 spiro atoms. The quantitative estimate of drug-likeness (QED) is 0.818. The van der Waals surface area contributed by atoms with E-state index in [0.29, 0.717) is 16.4 Å². The van der Waals surface area contributed by atoms with Crippen molar-refractivity contribution >= 4 is 22.9 Å². The Kier molecular flexibility index (Phi) is 6.12. The van der Waals surface area contributed by atoms with Gasteiger partial charge >= 0.3 is 0 Å². The number of aliphatic hydroxyl groups excluding tert-OH is 1. The van der Waals surface area contributed by atoms with Crippen molar-refractivity contribution in [1.29, 1.82) is 0 Å². The largest absolute Gasteiger partial charge is 0.386 e. The minimum absolute atomic E-state index is 0.143. The van der Waals surface area contributed by atoms with E-state index >= 15 is 0 Å². The van der Waals surface area contributed by atoms with Gasteiger partial charge in [0.25, 0.3) is 5.91 Å². The number of hydrogen-bond acceptors (Lipinski definition) is 5. The summed E-state index contributed by atoms with van der Waals surface area (Å²) in [5, 5.41) is 12.9. The third-order valence-electron chi connectivity index (χ3n) is 3.61. The summed E-state index contributed by atoms with van der Waals surface area (Å²) >= 11 is 1.23. The molecule has 0 fully saturated rings. The Morgan fingerprint density at radius 2 is 2.17 bits per heavy atom. The zero-order valence-corrected chi connectivity index (χ0v) is 14.6. The van der Waals surface area contributed by atoms with Gasteiger partial charge in [-0.05, 0) is 32.4 Å². The number of aromatic nitrogens is 1. The second-order valence-electron chi connectivity index (χ2n) is 5.36. The van der Waals surface area contributed by atoms with Gasteiger partial charge in [-0.2, -0.15) is 0 Å². The van der Waals surface area contributed by atoms with Gasteiger partial charge in [-0.3, -0.25) is 4.79 Å². The predicted molar refractivity (Wildman–Crippen MR) is 94.1 cm³/mol. The van der Waals surface area contributed by atoms with Gasteiger partial charge in [0.15, 0.2) is 0 Å². The molecule has 0 aliphatic rings. The highest BCUT2D eigenvalue weighted by Crippen LogP contribution is 2.20. The maximum absolute atomic E-state index is 12.1. The predicted octanol–water partition coefficient (Wildman–Crippen LogP) is 2.76. The molecule has 0 bridgehead atoms. The number of carbonyl (C=O) groups excluding carboxylic acids is 1. The number of thiazole rings is 1. The highest BCUT2D eigenvalue weighted by Gasteiger charge is 2.13. The Balaban J connectivity index is 1.90. The number of nitrogens with zero attached hydrogens (tertiary/aromatic N) is 2. The van der Waals surface area contributed by atoms with E-state index in [1.165, 1.54) is 28.8 Å². The van der Waals surface area contributed by atoms with Gasteiger partial charge in [0.1, 0.15) is 16.0 Å². The fourth-order valence-corrected chi connectivity index (χ4v) is 3.12. The Bertz CT molecular complexity index is 655. The van der Waals surface area contributed by atoms with E-state index in [9.17, 15) is 9.90 Å². The molecule has 0 aliphatic heterocycles. The first-order chi connectivity index (χ1) is 11.0. The minimum atomic E-state index is -0.641. The Hall–Kier alpha value is -1.92. The van der Waals surface area contributed by atoms with Crippen LogP contribution in [0.5, 0.6) is 0 Å². The minimum Gasteiger partial charge on any atom is -0.386 e. The molecule has 124 valence electrons. The summed E-state index contributed by atoms with van der Waals surface area (Å²) in [5.74, 6) is -0.143. The average molecular weight is 333 g/mol. The van der Waals surface area contributed by atoms with Gasteiger partial charge in [-0.1, -0.05) is 18.2 Å². The van der Waals surface area contributed by atoms with Crippen LogP contribution in [-0.2, 0) is 0 Å². The third-order valence-corrected chi connectivity index (χ3v) is 4.78. The number of amides is 1. The van der Waals surface area contributed by atoms with E-state index in [0.717, 1.165) is 13.1 Å². The maximum atomic E-state index is 12.1. The molecule has 1 atom stereocenters. The first-order valence-electron chi connectivity index (χ1n) is 7.75. The number of hydrogen-bond donors (Lipinski definition) is 2. The van der Waals surface area contributed by atoms with Gasteiger partial charge in [-0.15, -0.1) is 11.3 Å². The lowest BCUT2D eigenvalue weighted by atomic mass is 10.2. The molecule has 1 aromatic heterocycles. The topological polar surface area (TPSA) is 65.5 Å². The number of rotatable bonds is 7. The number of benzene rings is 1. The smallest absolute Gasteiger partial charge is 0.263 e. The number of para-hydroxylation sites is 1. The molecule has 0 unspecified atom stereocenters. The van der Waals surface area contributed by atoms with Crippen LogP contribution in [0.2, 0.25) is 0 Å². The van der Waals surface area contributed by atoms with Crippen molar-refractivity contribution in [1.82, 2.24) is 10.3 Å². The maximum Gasteiger partial charge on any atom is 0.263 e. The standard InChI is InChI=1S/C17H23N3O2S/c1-4-20(14-8-6-5-7-12(14)2)10-9-18-16(22)15-11-19-17(23-15)13(3)21/h5-8,11,13,21H,4,9-10H2,1-3H3,(H,18,22)/t13-/m0/s1. The molecule has 0 aliphatic carbocycles. The van der Waals surface area contributed by atoms with Gasteiger partial charge in [0, 0.05) is 25.3 Å². The van der Waals surface area contributed by atoms with Crippen molar-refractivity contribution in [2.24, 2.45) is 0 Å². The lowest BCUT2D eigenvalue weighted by Gasteiger charge is -2.25. The number of aryl methyl sites for hydroxylation is 1. The van der Waals surface area contributed by atoms with Gasteiger partial charge < -0.3 is 15.3 Å². The lowest BCUT2D eigenvalue weighted by Crippen LogP contribution is -2.35. The molecule has 23 heavy (non-hydrogen) atoms. The first-order valence-corrected chi connectivity index (χ1v) is 8.57. The number of carbonyl (C=O) groups is 1. The van der Waals surface area contributed by atoms with Crippen LogP contribution in [0, 0.1) is 6.92 Å². The van der Waals surface area contributed by atoms with E-state index in [-0.39, 0.29) is 5.91 Å². The van der Waals surface area contributed by atoms with Crippen molar-refractivity contribution in [3.8, 4) is 0 Å². The summed E-state index contributed by atoms with van der Waals surface area (Å²) in [6.07, 6.45) is 0.874. The molecular formula is C17H23N3O2S. The Morgan fingerprint density at radius 1 is 1.43 bits per heavy atom. The lowest BCUT2D eigenvalue weighted by molar-refractivity contribution is 0.0958. The van der Waals surface area contributed by atoms with Crippen LogP contribution >= 0.6 is 11.3 Å². The summed E-state index contributed by atoms with van der Waals surface area (Å²) in [7, 11) is 0. The van der Waals surface area contributed by atoms with Crippen LogP contribution in [0.15, 0.2) is 30.5 Å². The number of nitrogens with one attached hydrogen (secondary N) is 1. The SMILES string of the molecule is CCN(CCNC(=O)c1cnc([C@H](C)O)s1)c1ccccc1C. The average Bonchev–Trinajstić information content (AvgIpc) is 3.03. The molecule has 2 aromatic rings. The molecule has 1 aromatic carbocycles. The van der Waals surface area contributed by atoms with Crippen LogP contribution in [-0.4, -0.2) is 35.6 Å². The van der Waals surface area contributed by atoms with Crippen LogP contribution in [0.1, 0.15) is 40.2 Å². The zero-order chi connectivity index (χ0) is 16.8. The van der Waals surface area contributed by atoms with Crippen molar-refractivity contribution in [2.75, 3.05) is 24.5 Å². The molecule has 6 heteroatoms. The summed E-state index contributed by atoms with van der Waals surface area (Å²) in [6.45, 7) is 8.02. The highest BCUT2D eigenvalue weighted by atomic mass is 32.1. The Morgan fingerprint density at radius 3 is 2.78 bits per heavy atom. The van der Waals surface area contributed by atoms with E-state index < -0.39 is 6.10 Å². The van der Waals surface area contributed by atoms with Crippen LogP contribution < -0.4 is 10.2 Å². The number of aliphatic hydroxyl groups is 1. The summed E-state index contributed by atoms with van der Waals surface area (Å²) in [6, 6.07) is 8.24. The monoisotopic (exact) mass is 333 g/mol. The molecule has 1 amide bonds. The second-order valence-corrected chi connectivity index (χ2v) is 6.42. The van der Waals surface area contributed by atoms with E-state index in [4.69, 9.17) is 0 Å². The molecule has 2 N–H and O–H groups in total. The highest BCUT2D eigenvalue weighted by molar-refractivity contribution is 7.13. The molecule has 0 saturated carbocycles. The van der Waals surface area contributed by atoms with Crippen LogP contribution in [0.3, 0.4) is 0 Å². The fraction of sp³-hybridized carbons (Fsp3) is 0.412. The van der Waals surface area contributed by atoms with Crippen molar-refractivity contribution in [3.63, 3.8) is 0 Å². The van der Waals surface area contributed by atoms with Gasteiger partial charge in [0.05, 0.1) is 6.20 Å². The van der Waals surface area contributed by atoms with E-state index in [1.807, 2.05) is 12.1 Å². The third kappa shape index (κ3) is 4.53. The Labute approximate surface area is 141 Å². The molecular weight excluding hydrogens is 310 g/mol. The first kappa shape index (κ1) is 17.4. The van der Waals surface area contributed by atoms with E-state index in [2.05, 4.69) is 41.2 Å². The van der Waals surface area contributed by atoms with Gasteiger partial charge in [-0.25, -0.2) is 4.98 Å². The van der Waals surface area contributed by atoms with Gasteiger partial charge in [0.2, 0.25) is 0 Å². The van der Waals surface area contributed by atoms with Crippen LogP contribution in [0.4, 0.5) is 5.69 Å². The molecule has 5 nitrogen and oxygen atoms in total. The summed E-state index contributed by atoms with van der Waals surface area (Å²) < 4.78 is 0. The number of anilines is 1. The second kappa shape index (κ2) is 8.08. The van der Waals surface area contributed by atoms with E-state index in [1.54, 1.807) is 6.92 Å².